The van der Waals surface area contributed by atoms with Crippen molar-refractivity contribution < 1.29 is 14.3 Å². The highest BCUT2D eigenvalue weighted by molar-refractivity contribution is 5.94. The maximum atomic E-state index is 11.7. The molecule has 5 nitrogen and oxygen atoms in total. The quantitative estimate of drug-likeness (QED) is 0.681. The Morgan fingerprint density at radius 2 is 1.81 bits per heavy atom. The molecule has 0 heterocycles. The molecule has 0 aromatic heterocycles. The molecule has 116 valence electrons. The highest BCUT2D eigenvalue weighted by Crippen LogP contribution is 1.97. The molecule has 1 aromatic carbocycles. The number of hydrogen-bond acceptors (Lipinski definition) is 3. The fourth-order valence-electron chi connectivity index (χ4n) is 1.69. The van der Waals surface area contributed by atoms with Gasteiger partial charge in [0.2, 0.25) is 5.91 Å². The smallest absolute Gasteiger partial charge is 0.251 e. The normalized spacial score (nSPS) is 10.4. The lowest BCUT2D eigenvalue weighted by Crippen LogP contribution is -2.31. The minimum absolute atomic E-state index is 0.0621. The molecule has 0 aliphatic heterocycles. The summed E-state index contributed by atoms with van der Waals surface area (Å²) in [5.41, 5.74) is 0.601. The van der Waals surface area contributed by atoms with Gasteiger partial charge in [-0.1, -0.05) is 18.2 Å². The van der Waals surface area contributed by atoms with Gasteiger partial charge < -0.3 is 15.4 Å². The van der Waals surface area contributed by atoms with Crippen molar-refractivity contribution in [2.45, 2.75) is 32.8 Å². The molecule has 1 aromatic rings. The van der Waals surface area contributed by atoms with Crippen LogP contribution in [0.4, 0.5) is 0 Å². The fourth-order valence-corrected chi connectivity index (χ4v) is 1.69. The largest absolute Gasteiger partial charge is 0.379 e. The zero-order valence-corrected chi connectivity index (χ0v) is 12.7. The van der Waals surface area contributed by atoms with E-state index < -0.39 is 0 Å². The summed E-state index contributed by atoms with van der Waals surface area (Å²) < 4.78 is 5.38. The van der Waals surface area contributed by atoms with E-state index in [4.69, 9.17) is 4.74 Å². The van der Waals surface area contributed by atoms with Gasteiger partial charge in [0.1, 0.15) is 0 Å². The Morgan fingerprint density at radius 3 is 2.48 bits per heavy atom. The average molecular weight is 292 g/mol. The number of rotatable bonds is 9. The van der Waals surface area contributed by atoms with Crippen molar-refractivity contribution in [3.05, 3.63) is 35.9 Å². The third-order valence-electron chi connectivity index (χ3n) is 2.77. The van der Waals surface area contributed by atoms with Gasteiger partial charge in [0, 0.05) is 31.7 Å². The molecule has 2 N–H and O–H groups in total. The van der Waals surface area contributed by atoms with Gasteiger partial charge in [-0.3, -0.25) is 9.59 Å². The molecule has 0 fully saturated rings. The maximum Gasteiger partial charge on any atom is 0.251 e. The minimum atomic E-state index is -0.159. The van der Waals surface area contributed by atoms with E-state index in [0.717, 1.165) is 6.42 Å². The molecule has 0 unspecified atom stereocenters. The third kappa shape index (κ3) is 8.09. The van der Waals surface area contributed by atoms with Gasteiger partial charge in [-0.05, 0) is 32.4 Å². The Morgan fingerprint density at radius 1 is 1.10 bits per heavy atom. The van der Waals surface area contributed by atoms with E-state index in [1.54, 1.807) is 24.3 Å². The summed E-state index contributed by atoms with van der Waals surface area (Å²) in [6, 6.07) is 8.95. The van der Waals surface area contributed by atoms with Crippen LogP contribution in [0, 0.1) is 0 Å². The molecule has 0 aliphatic carbocycles. The lowest BCUT2D eigenvalue weighted by molar-refractivity contribution is -0.121. The number of ether oxygens (including phenoxy) is 1. The molecule has 0 saturated heterocycles. The summed E-state index contributed by atoms with van der Waals surface area (Å²) in [5.74, 6) is -0.221. The number of nitrogens with one attached hydrogen (secondary N) is 2. The molecule has 1 rings (SSSR count). The average Bonchev–Trinajstić information content (AvgIpc) is 2.47. The van der Waals surface area contributed by atoms with Crippen LogP contribution < -0.4 is 10.6 Å². The molecule has 0 atom stereocenters. The molecule has 0 spiro atoms. The van der Waals surface area contributed by atoms with E-state index in [1.165, 1.54) is 0 Å². The van der Waals surface area contributed by atoms with Crippen molar-refractivity contribution in [2.75, 3.05) is 19.7 Å². The number of amides is 2. The van der Waals surface area contributed by atoms with Crippen LogP contribution in [0.5, 0.6) is 0 Å². The van der Waals surface area contributed by atoms with Crippen LogP contribution >= 0.6 is 0 Å². The van der Waals surface area contributed by atoms with E-state index in [9.17, 15) is 9.59 Å². The second-order valence-electron chi connectivity index (χ2n) is 4.99. The summed E-state index contributed by atoms with van der Waals surface area (Å²) in [6.45, 7) is 5.53. The number of carbonyl (C=O) groups excluding carboxylic acids is 2. The Labute approximate surface area is 126 Å². The van der Waals surface area contributed by atoms with Gasteiger partial charge in [0.15, 0.2) is 0 Å². The van der Waals surface area contributed by atoms with E-state index in [-0.39, 0.29) is 24.3 Å². The monoisotopic (exact) mass is 292 g/mol. The van der Waals surface area contributed by atoms with Gasteiger partial charge >= 0.3 is 0 Å². The standard InChI is InChI=1S/C16H24N2O3/c1-13(2)21-12-6-10-17-15(19)9-11-18-16(20)14-7-4-3-5-8-14/h3-5,7-8,13H,6,9-12H2,1-2H3,(H,17,19)(H,18,20). The van der Waals surface area contributed by atoms with Crippen LogP contribution in [0.15, 0.2) is 30.3 Å². The molecular formula is C16H24N2O3. The molecule has 0 radical (unpaired) electrons. The molecule has 0 bridgehead atoms. The first-order valence-corrected chi connectivity index (χ1v) is 7.31. The second-order valence-corrected chi connectivity index (χ2v) is 4.99. The number of benzene rings is 1. The highest BCUT2D eigenvalue weighted by atomic mass is 16.5. The van der Waals surface area contributed by atoms with Crippen LogP contribution in [-0.4, -0.2) is 37.6 Å². The second kappa shape index (κ2) is 9.94. The van der Waals surface area contributed by atoms with Crippen molar-refractivity contribution in [3.63, 3.8) is 0 Å². The molecule has 2 amide bonds. The van der Waals surface area contributed by atoms with Gasteiger partial charge in [0.05, 0.1) is 6.10 Å². The van der Waals surface area contributed by atoms with Crippen molar-refractivity contribution in [1.29, 1.82) is 0 Å². The lowest BCUT2D eigenvalue weighted by Gasteiger charge is -2.08. The molecule has 0 aliphatic rings. The number of carbonyl (C=O) groups is 2. The van der Waals surface area contributed by atoms with Crippen LogP contribution in [0.1, 0.15) is 37.0 Å². The van der Waals surface area contributed by atoms with Crippen LogP contribution in [0.3, 0.4) is 0 Å². The first-order chi connectivity index (χ1) is 10.1. The van der Waals surface area contributed by atoms with Crippen LogP contribution in [0.25, 0.3) is 0 Å². The number of hydrogen-bond donors (Lipinski definition) is 2. The van der Waals surface area contributed by atoms with Gasteiger partial charge in [-0.15, -0.1) is 0 Å². The van der Waals surface area contributed by atoms with Crippen molar-refractivity contribution in [3.8, 4) is 0 Å². The van der Waals surface area contributed by atoms with Gasteiger partial charge in [0.25, 0.3) is 5.91 Å². The first-order valence-electron chi connectivity index (χ1n) is 7.31. The SMILES string of the molecule is CC(C)OCCCNC(=O)CCNC(=O)c1ccccc1. The van der Waals surface area contributed by atoms with Gasteiger partial charge in [-0.2, -0.15) is 0 Å². The highest BCUT2D eigenvalue weighted by Gasteiger charge is 2.05. The summed E-state index contributed by atoms with van der Waals surface area (Å²) in [7, 11) is 0. The van der Waals surface area contributed by atoms with Crippen molar-refractivity contribution in [2.24, 2.45) is 0 Å². The first kappa shape index (κ1) is 17.2. The molecule has 0 saturated carbocycles. The zero-order chi connectivity index (χ0) is 15.5. The van der Waals surface area contributed by atoms with E-state index in [0.29, 0.717) is 25.3 Å². The molecular weight excluding hydrogens is 268 g/mol. The predicted octanol–water partition coefficient (Wildman–Crippen LogP) is 1.74. The van der Waals surface area contributed by atoms with E-state index in [2.05, 4.69) is 10.6 Å². The Kier molecular flexibility index (Phi) is 8.12. The summed E-state index contributed by atoms with van der Waals surface area (Å²) >= 11 is 0. The van der Waals surface area contributed by atoms with E-state index >= 15 is 0 Å². The van der Waals surface area contributed by atoms with Crippen LogP contribution in [0.2, 0.25) is 0 Å². The Bertz CT molecular complexity index is 432. The van der Waals surface area contributed by atoms with Gasteiger partial charge in [-0.25, -0.2) is 0 Å². The lowest BCUT2D eigenvalue weighted by atomic mass is 10.2. The molecule has 5 heteroatoms. The topological polar surface area (TPSA) is 67.4 Å². The summed E-state index contributed by atoms with van der Waals surface area (Å²) in [5, 5.41) is 5.52. The zero-order valence-electron chi connectivity index (χ0n) is 12.7. The summed E-state index contributed by atoms with van der Waals surface area (Å²) in [4.78, 5) is 23.3. The molecule has 21 heavy (non-hydrogen) atoms. The minimum Gasteiger partial charge on any atom is -0.379 e. The third-order valence-corrected chi connectivity index (χ3v) is 2.77. The van der Waals surface area contributed by atoms with Crippen molar-refractivity contribution in [1.82, 2.24) is 10.6 Å². The summed E-state index contributed by atoms with van der Waals surface area (Å²) in [6.07, 6.45) is 1.29. The maximum absolute atomic E-state index is 11.7. The Hall–Kier alpha value is -1.88. The fraction of sp³-hybridized carbons (Fsp3) is 0.500. The van der Waals surface area contributed by atoms with Crippen molar-refractivity contribution >= 4 is 11.8 Å². The predicted molar refractivity (Wildman–Crippen MR) is 82.1 cm³/mol. The van der Waals surface area contributed by atoms with Crippen LogP contribution in [-0.2, 0) is 9.53 Å². The van der Waals surface area contributed by atoms with E-state index in [1.807, 2.05) is 19.9 Å². The Balaban J connectivity index is 2.07.